The lowest BCUT2D eigenvalue weighted by molar-refractivity contribution is 0.102. The highest BCUT2D eigenvalue weighted by molar-refractivity contribution is 6.05. The number of hydrogen-bond acceptors (Lipinski definition) is 6. The Kier molecular flexibility index (Phi) is 5.48. The highest BCUT2D eigenvalue weighted by Gasteiger charge is 2.17. The maximum absolute atomic E-state index is 12.7. The fourth-order valence-corrected chi connectivity index (χ4v) is 3.45. The predicted octanol–water partition coefficient (Wildman–Crippen LogP) is 3.98. The number of carbonyl (C=O) groups is 1. The van der Waals surface area contributed by atoms with Crippen LogP contribution in [0.2, 0.25) is 0 Å². The molecule has 1 N–H and O–H groups in total. The Labute approximate surface area is 186 Å². The molecule has 164 valence electrons. The topological polar surface area (TPSA) is 99.8 Å². The summed E-state index contributed by atoms with van der Waals surface area (Å²) in [5.74, 6) is 2.12. The number of amides is 1. The molecule has 0 aliphatic carbocycles. The van der Waals surface area contributed by atoms with E-state index in [9.17, 15) is 4.79 Å². The predicted molar refractivity (Wildman–Crippen MR) is 121 cm³/mol. The average molecular weight is 432 g/mol. The first-order valence-corrected chi connectivity index (χ1v) is 10.2. The van der Waals surface area contributed by atoms with E-state index in [0.29, 0.717) is 40.2 Å². The molecule has 0 spiro atoms. The summed E-state index contributed by atoms with van der Waals surface area (Å²) in [7, 11) is 1.82. The van der Waals surface area contributed by atoms with E-state index in [-0.39, 0.29) is 5.91 Å². The van der Waals surface area contributed by atoms with E-state index in [1.54, 1.807) is 41.3 Å². The number of ether oxygens (including phenoxy) is 1. The van der Waals surface area contributed by atoms with Gasteiger partial charge in [-0.3, -0.25) is 14.0 Å². The molecule has 0 aliphatic heterocycles. The zero-order valence-electron chi connectivity index (χ0n) is 19.0. The largest absolute Gasteiger partial charge is 0.439 e. The Morgan fingerprint density at radius 3 is 2.28 bits per heavy atom. The molecule has 3 aromatic heterocycles. The molecule has 9 nitrogen and oxygen atoms in total. The molecule has 1 amide bonds. The van der Waals surface area contributed by atoms with E-state index >= 15 is 0 Å². The second-order valence-electron chi connectivity index (χ2n) is 7.65. The standard InChI is InChI=1S/C23H25N7O2/c1-13-15(3)30(12-24-13)20-11-21(26-17(5)25-20)32-19-9-7-18(8-10-19)27-23(31)22-14(2)28-29(6)16(22)4/h7-12H,1-6H3,(H,27,31). The van der Waals surface area contributed by atoms with Crippen molar-refractivity contribution < 1.29 is 9.53 Å². The normalized spacial score (nSPS) is 10.9. The van der Waals surface area contributed by atoms with Gasteiger partial charge in [0.25, 0.3) is 5.91 Å². The van der Waals surface area contributed by atoms with Crippen LogP contribution in [0.4, 0.5) is 5.69 Å². The highest BCUT2D eigenvalue weighted by Crippen LogP contribution is 2.24. The molecule has 0 atom stereocenters. The van der Waals surface area contributed by atoms with Crippen molar-refractivity contribution >= 4 is 11.6 Å². The first kappa shape index (κ1) is 21.2. The summed E-state index contributed by atoms with van der Waals surface area (Å²) in [5, 5.41) is 7.20. The van der Waals surface area contributed by atoms with E-state index in [1.165, 1.54) is 0 Å². The summed E-state index contributed by atoms with van der Waals surface area (Å²) in [6.45, 7) is 9.45. The smallest absolute Gasteiger partial charge is 0.259 e. The first-order chi connectivity index (χ1) is 15.2. The Morgan fingerprint density at radius 2 is 1.69 bits per heavy atom. The zero-order chi connectivity index (χ0) is 23.0. The zero-order valence-corrected chi connectivity index (χ0v) is 19.0. The van der Waals surface area contributed by atoms with Crippen LogP contribution in [0, 0.1) is 34.6 Å². The van der Waals surface area contributed by atoms with Crippen LogP contribution in [0.5, 0.6) is 11.6 Å². The molecule has 0 bridgehead atoms. The molecular formula is C23H25N7O2. The first-order valence-electron chi connectivity index (χ1n) is 10.2. The molecule has 4 rings (SSSR count). The van der Waals surface area contributed by atoms with Crippen LogP contribution in [0.15, 0.2) is 36.7 Å². The Hall–Kier alpha value is -4.01. The summed E-state index contributed by atoms with van der Waals surface area (Å²) in [6, 6.07) is 8.90. The van der Waals surface area contributed by atoms with Gasteiger partial charge < -0.3 is 10.1 Å². The van der Waals surface area contributed by atoms with E-state index in [0.717, 1.165) is 17.1 Å². The Balaban J connectivity index is 1.51. The lowest BCUT2D eigenvalue weighted by atomic mass is 10.2. The van der Waals surface area contributed by atoms with Crippen LogP contribution in [0.3, 0.4) is 0 Å². The molecule has 0 unspecified atom stereocenters. The fraction of sp³-hybridized carbons (Fsp3) is 0.261. The van der Waals surface area contributed by atoms with Crippen molar-refractivity contribution in [2.24, 2.45) is 7.05 Å². The minimum Gasteiger partial charge on any atom is -0.439 e. The number of hydrogen-bond donors (Lipinski definition) is 1. The quantitative estimate of drug-likeness (QED) is 0.513. The van der Waals surface area contributed by atoms with E-state index in [2.05, 4.69) is 25.4 Å². The second-order valence-corrected chi connectivity index (χ2v) is 7.65. The summed E-state index contributed by atoms with van der Waals surface area (Å²) in [6.07, 6.45) is 1.74. The van der Waals surface area contributed by atoms with Gasteiger partial charge in [-0.2, -0.15) is 10.1 Å². The molecule has 32 heavy (non-hydrogen) atoms. The van der Waals surface area contributed by atoms with Gasteiger partial charge in [-0.25, -0.2) is 9.97 Å². The van der Waals surface area contributed by atoms with Gasteiger partial charge in [-0.1, -0.05) is 0 Å². The minimum absolute atomic E-state index is 0.191. The van der Waals surface area contributed by atoms with E-state index in [1.807, 2.05) is 46.2 Å². The molecule has 0 fully saturated rings. The molecule has 4 aromatic rings. The molecule has 1 aromatic carbocycles. The van der Waals surface area contributed by atoms with Crippen molar-refractivity contribution in [1.82, 2.24) is 29.3 Å². The van der Waals surface area contributed by atoms with Crippen LogP contribution in [-0.2, 0) is 7.05 Å². The lowest BCUT2D eigenvalue weighted by Gasteiger charge is -2.10. The maximum Gasteiger partial charge on any atom is 0.259 e. The van der Waals surface area contributed by atoms with Crippen LogP contribution in [-0.4, -0.2) is 35.2 Å². The van der Waals surface area contributed by atoms with Crippen molar-refractivity contribution in [2.45, 2.75) is 34.6 Å². The van der Waals surface area contributed by atoms with Crippen molar-refractivity contribution in [1.29, 1.82) is 0 Å². The number of nitrogens with zero attached hydrogens (tertiary/aromatic N) is 6. The number of nitrogens with one attached hydrogen (secondary N) is 1. The number of anilines is 1. The number of rotatable bonds is 5. The number of benzene rings is 1. The summed E-state index contributed by atoms with van der Waals surface area (Å²) in [5.41, 5.74) is 4.71. The van der Waals surface area contributed by atoms with Gasteiger partial charge in [-0.15, -0.1) is 0 Å². The van der Waals surface area contributed by atoms with Crippen molar-refractivity contribution in [3.63, 3.8) is 0 Å². The van der Waals surface area contributed by atoms with Gasteiger partial charge in [0, 0.05) is 30.2 Å². The van der Waals surface area contributed by atoms with Gasteiger partial charge >= 0.3 is 0 Å². The maximum atomic E-state index is 12.7. The molecule has 0 radical (unpaired) electrons. The number of carbonyl (C=O) groups excluding carboxylic acids is 1. The molecule has 0 saturated heterocycles. The van der Waals surface area contributed by atoms with Gasteiger partial charge in [0.2, 0.25) is 5.88 Å². The Bertz CT molecular complexity index is 1300. The van der Waals surface area contributed by atoms with Crippen molar-refractivity contribution in [3.05, 3.63) is 70.8 Å². The number of imidazole rings is 1. The third-order valence-electron chi connectivity index (χ3n) is 5.37. The highest BCUT2D eigenvalue weighted by atomic mass is 16.5. The molecule has 3 heterocycles. The second kappa shape index (κ2) is 8.26. The van der Waals surface area contributed by atoms with Crippen LogP contribution in [0.25, 0.3) is 5.82 Å². The minimum atomic E-state index is -0.191. The molecule has 0 saturated carbocycles. The number of aryl methyl sites for hydroxylation is 4. The number of aromatic nitrogens is 6. The molecule has 0 aliphatic rings. The molecular weight excluding hydrogens is 406 g/mol. The van der Waals surface area contributed by atoms with Gasteiger partial charge in [0.15, 0.2) is 0 Å². The van der Waals surface area contributed by atoms with E-state index < -0.39 is 0 Å². The monoisotopic (exact) mass is 431 g/mol. The molecule has 9 heteroatoms. The fourth-order valence-electron chi connectivity index (χ4n) is 3.45. The lowest BCUT2D eigenvalue weighted by Crippen LogP contribution is -2.14. The Morgan fingerprint density at radius 1 is 0.969 bits per heavy atom. The summed E-state index contributed by atoms with van der Waals surface area (Å²) < 4.78 is 9.54. The average Bonchev–Trinajstić information content (AvgIpc) is 3.20. The van der Waals surface area contributed by atoms with Crippen molar-refractivity contribution in [2.75, 3.05) is 5.32 Å². The van der Waals surface area contributed by atoms with Crippen LogP contribution >= 0.6 is 0 Å². The van der Waals surface area contributed by atoms with Crippen LogP contribution in [0.1, 0.15) is 39.0 Å². The van der Waals surface area contributed by atoms with Gasteiger partial charge in [0.05, 0.1) is 17.0 Å². The van der Waals surface area contributed by atoms with Gasteiger partial charge in [-0.05, 0) is 58.9 Å². The summed E-state index contributed by atoms with van der Waals surface area (Å²) in [4.78, 5) is 25.9. The third kappa shape index (κ3) is 4.09. The van der Waals surface area contributed by atoms with Gasteiger partial charge in [0.1, 0.15) is 23.7 Å². The van der Waals surface area contributed by atoms with E-state index in [4.69, 9.17) is 4.74 Å². The van der Waals surface area contributed by atoms with Crippen molar-refractivity contribution in [3.8, 4) is 17.4 Å². The third-order valence-corrected chi connectivity index (χ3v) is 5.37. The SMILES string of the molecule is Cc1nc(Oc2ccc(NC(=O)c3c(C)nn(C)c3C)cc2)cc(-n2cnc(C)c2C)n1. The summed E-state index contributed by atoms with van der Waals surface area (Å²) >= 11 is 0. The van der Waals surface area contributed by atoms with Crippen LogP contribution < -0.4 is 10.1 Å².